The highest BCUT2D eigenvalue weighted by Gasteiger charge is 2.36. The third kappa shape index (κ3) is 2.38. The van der Waals surface area contributed by atoms with Crippen LogP contribution in [0.3, 0.4) is 0 Å². The summed E-state index contributed by atoms with van der Waals surface area (Å²) in [7, 11) is 0. The summed E-state index contributed by atoms with van der Waals surface area (Å²) in [6.45, 7) is 4.09. The van der Waals surface area contributed by atoms with Crippen LogP contribution in [0.1, 0.15) is 38.2 Å². The van der Waals surface area contributed by atoms with Gasteiger partial charge in [0, 0.05) is 11.3 Å². The predicted molar refractivity (Wildman–Crippen MR) is 67.6 cm³/mol. The molecule has 0 unspecified atom stereocenters. The molecular formula is C14H17NO2. The Labute approximate surface area is 101 Å². The van der Waals surface area contributed by atoms with Crippen molar-refractivity contribution >= 4 is 0 Å². The molecule has 2 atom stereocenters. The first-order valence-corrected chi connectivity index (χ1v) is 5.93. The lowest BCUT2D eigenvalue weighted by Crippen LogP contribution is -2.31. The molecule has 1 aromatic carbocycles. The number of rotatable bonds is 2. The topological polar surface area (TPSA) is 43.1 Å². The molecule has 0 aromatic heterocycles. The zero-order valence-electron chi connectivity index (χ0n) is 10.2. The van der Waals surface area contributed by atoms with Crippen molar-refractivity contribution in [1.29, 1.82) is 0 Å². The molecule has 0 spiro atoms. The Morgan fingerprint density at radius 1 is 1.12 bits per heavy atom. The number of hydrogen-bond donors (Lipinski definition) is 0. The standard InChI is InChI=1S/C14H17NO2/c1-10-8-13(12-6-4-3-5-7-12)14(15(16)17)9-11(10)2/h3-7,13-14H,8-9H2,1-2H3/t13-,14+/m1/s1. The molecule has 0 bridgehead atoms. The highest BCUT2D eigenvalue weighted by atomic mass is 16.6. The van der Waals surface area contributed by atoms with E-state index in [9.17, 15) is 10.1 Å². The molecular weight excluding hydrogens is 214 g/mol. The molecule has 0 radical (unpaired) electrons. The highest BCUT2D eigenvalue weighted by molar-refractivity contribution is 5.28. The molecule has 1 aliphatic rings. The van der Waals surface area contributed by atoms with E-state index < -0.39 is 6.04 Å². The number of allylic oxidation sites excluding steroid dienone is 1. The van der Waals surface area contributed by atoms with Gasteiger partial charge in [-0.15, -0.1) is 0 Å². The summed E-state index contributed by atoms with van der Waals surface area (Å²) in [5, 5.41) is 11.2. The zero-order valence-corrected chi connectivity index (χ0v) is 10.2. The molecule has 3 nitrogen and oxygen atoms in total. The summed E-state index contributed by atoms with van der Waals surface area (Å²) in [6, 6.07) is 9.37. The molecule has 0 saturated heterocycles. The SMILES string of the molecule is CC1=C(C)C[C@H]([N+](=O)[O-])[C@@H](c2ccccc2)C1. The number of nitro groups is 1. The van der Waals surface area contributed by atoms with Crippen LogP contribution in [0.2, 0.25) is 0 Å². The average molecular weight is 231 g/mol. The molecule has 0 aliphatic heterocycles. The number of hydrogen-bond acceptors (Lipinski definition) is 2. The normalized spacial score (nSPS) is 24.8. The van der Waals surface area contributed by atoms with Crippen LogP contribution in [0.15, 0.2) is 41.5 Å². The van der Waals surface area contributed by atoms with Gasteiger partial charge in [-0.2, -0.15) is 0 Å². The molecule has 1 aromatic rings. The van der Waals surface area contributed by atoms with E-state index in [0.29, 0.717) is 6.42 Å². The summed E-state index contributed by atoms with van der Waals surface area (Å²) in [5.74, 6) is 0.0231. The van der Waals surface area contributed by atoms with E-state index in [1.54, 1.807) is 0 Å². The van der Waals surface area contributed by atoms with Gasteiger partial charge in [-0.1, -0.05) is 41.5 Å². The lowest BCUT2D eigenvalue weighted by Gasteiger charge is -2.27. The zero-order chi connectivity index (χ0) is 12.4. The Morgan fingerprint density at radius 2 is 1.71 bits per heavy atom. The second-order valence-electron chi connectivity index (χ2n) is 4.84. The van der Waals surface area contributed by atoms with Gasteiger partial charge in [0.2, 0.25) is 6.04 Å². The maximum atomic E-state index is 11.2. The minimum Gasteiger partial charge on any atom is -0.264 e. The molecule has 1 aliphatic carbocycles. The summed E-state index contributed by atoms with van der Waals surface area (Å²) in [6.07, 6.45) is 1.39. The smallest absolute Gasteiger partial charge is 0.223 e. The Hall–Kier alpha value is -1.64. The lowest BCUT2D eigenvalue weighted by atomic mass is 9.78. The second-order valence-corrected chi connectivity index (χ2v) is 4.84. The van der Waals surface area contributed by atoms with E-state index in [4.69, 9.17) is 0 Å². The Bertz CT molecular complexity index is 451. The molecule has 0 N–H and O–H groups in total. The molecule has 0 saturated carbocycles. The molecule has 17 heavy (non-hydrogen) atoms. The first kappa shape index (κ1) is 11.8. The summed E-state index contributed by atoms with van der Waals surface area (Å²) >= 11 is 0. The van der Waals surface area contributed by atoms with Crippen molar-refractivity contribution < 1.29 is 4.92 Å². The second kappa shape index (κ2) is 4.70. The monoisotopic (exact) mass is 231 g/mol. The summed E-state index contributed by atoms with van der Waals surface area (Å²) < 4.78 is 0. The van der Waals surface area contributed by atoms with E-state index in [-0.39, 0.29) is 10.8 Å². The Morgan fingerprint density at radius 3 is 2.29 bits per heavy atom. The third-order valence-corrected chi connectivity index (χ3v) is 3.73. The first-order valence-electron chi connectivity index (χ1n) is 5.93. The van der Waals surface area contributed by atoms with Crippen molar-refractivity contribution in [2.24, 2.45) is 0 Å². The number of nitrogens with zero attached hydrogens (tertiary/aromatic N) is 1. The highest BCUT2D eigenvalue weighted by Crippen LogP contribution is 2.37. The maximum absolute atomic E-state index is 11.2. The minimum absolute atomic E-state index is 0.0231. The van der Waals surface area contributed by atoms with Crippen LogP contribution in [0.25, 0.3) is 0 Å². The van der Waals surface area contributed by atoms with E-state index in [1.807, 2.05) is 37.3 Å². The fourth-order valence-corrected chi connectivity index (χ4v) is 2.53. The van der Waals surface area contributed by atoms with Crippen LogP contribution < -0.4 is 0 Å². The van der Waals surface area contributed by atoms with Crippen LogP contribution in [-0.2, 0) is 0 Å². The van der Waals surface area contributed by atoms with Crippen LogP contribution >= 0.6 is 0 Å². The first-order chi connectivity index (χ1) is 8.09. The van der Waals surface area contributed by atoms with E-state index in [0.717, 1.165) is 12.0 Å². The molecule has 3 heteroatoms. The van der Waals surface area contributed by atoms with Gasteiger partial charge < -0.3 is 0 Å². The van der Waals surface area contributed by atoms with Gasteiger partial charge in [0.1, 0.15) is 0 Å². The average Bonchev–Trinajstić information content (AvgIpc) is 2.33. The summed E-state index contributed by atoms with van der Waals surface area (Å²) in [5.41, 5.74) is 3.57. The largest absolute Gasteiger partial charge is 0.264 e. The molecule has 0 heterocycles. The van der Waals surface area contributed by atoms with Gasteiger partial charge in [-0.05, 0) is 25.8 Å². The van der Waals surface area contributed by atoms with Gasteiger partial charge in [0.15, 0.2) is 0 Å². The fourth-order valence-electron chi connectivity index (χ4n) is 2.53. The quantitative estimate of drug-likeness (QED) is 0.444. The number of benzene rings is 1. The van der Waals surface area contributed by atoms with E-state index >= 15 is 0 Å². The minimum atomic E-state index is -0.471. The van der Waals surface area contributed by atoms with Gasteiger partial charge in [0.25, 0.3) is 0 Å². The Kier molecular flexibility index (Phi) is 3.27. The van der Waals surface area contributed by atoms with Crippen molar-refractivity contribution in [3.05, 3.63) is 57.2 Å². The summed E-state index contributed by atoms with van der Waals surface area (Å²) in [4.78, 5) is 11.1. The maximum Gasteiger partial charge on any atom is 0.223 e. The van der Waals surface area contributed by atoms with Gasteiger partial charge in [-0.25, -0.2) is 0 Å². The van der Waals surface area contributed by atoms with Crippen molar-refractivity contribution in [3.8, 4) is 0 Å². The van der Waals surface area contributed by atoms with Gasteiger partial charge in [-0.3, -0.25) is 10.1 Å². The Balaban J connectivity index is 2.35. The fraction of sp³-hybridized carbons (Fsp3) is 0.429. The van der Waals surface area contributed by atoms with E-state index in [1.165, 1.54) is 11.1 Å². The van der Waals surface area contributed by atoms with Crippen molar-refractivity contribution in [2.75, 3.05) is 0 Å². The lowest BCUT2D eigenvalue weighted by molar-refractivity contribution is -0.527. The van der Waals surface area contributed by atoms with Crippen LogP contribution in [-0.4, -0.2) is 11.0 Å². The molecule has 0 amide bonds. The molecule has 2 rings (SSSR count). The van der Waals surface area contributed by atoms with Crippen molar-refractivity contribution in [1.82, 2.24) is 0 Å². The van der Waals surface area contributed by atoms with Crippen molar-refractivity contribution in [2.45, 2.75) is 38.6 Å². The van der Waals surface area contributed by atoms with Crippen LogP contribution in [0.5, 0.6) is 0 Å². The van der Waals surface area contributed by atoms with Crippen LogP contribution in [0.4, 0.5) is 0 Å². The third-order valence-electron chi connectivity index (χ3n) is 3.73. The van der Waals surface area contributed by atoms with Gasteiger partial charge in [0.05, 0.1) is 5.92 Å². The molecule has 0 fully saturated rings. The molecule has 90 valence electrons. The van der Waals surface area contributed by atoms with Crippen LogP contribution in [0, 0.1) is 10.1 Å². The van der Waals surface area contributed by atoms with Gasteiger partial charge >= 0.3 is 0 Å². The van der Waals surface area contributed by atoms with Crippen molar-refractivity contribution in [3.63, 3.8) is 0 Å². The predicted octanol–water partition coefficient (Wildman–Crippen LogP) is 3.55. The van der Waals surface area contributed by atoms with E-state index in [2.05, 4.69) is 6.92 Å².